The number of benzene rings is 1. The number of halogens is 3. The Morgan fingerprint density at radius 2 is 1.79 bits per heavy atom. The molecule has 1 aliphatic rings. The third-order valence-electron chi connectivity index (χ3n) is 4.53. The van der Waals surface area contributed by atoms with E-state index in [2.05, 4.69) is 9.72 Å². The number of piperidine rings is 1. The van der Waals surface area contributed by atoms with Gasteiger partial charge in [-0.1, -0.05) is 0 Å². The molecule has 0 radical (unpaired) electrons. The monoisotopic (exact) mass is 417 g/mol. The second-order valence-corrected chi connectivity index (χ2v) is 8.55. The predicted octanol–water partition coefficient (Wildman–Crippen LogP) is 2.40. The topological polar surface area (TPSA) is 81.5 Å². The van der Waals surface area contributed by atoms with Crippen LogP contribution in [-0.2, 0) is 16.9 Å². The third kappa shape index (κ3) is 4.29. The Bertz CT molecular complexity index is 947. The smallest absolute Gasteiger partial charge is 0.406 e. The molecule has 1 aromatic carbocycles. The Labute approximate surface area is 159 Å². The van der Waals surface area contributed by atoms with Crippen molar-refractivity contribution in [3.8, 4) is 5.75 Å². The van der Waals surface area contributed by atoms with Gasteiger partial charge in [0.25, 0.3) is 5.91 Å². The first-order valence-electron chi connectivity index (χ1n) is 8.44. The van der Waals surface area contributed by atoms with Gasteiger partial charge in [-0.3, -0.25) is 4.79 Å². The minimum absolute atomic E-state index is 0.00229. The van der Waals surface area contributed by atoms with Crippen LogP contribution < -0.4 is 4.74 Å². The summed E-state index contributed by atoms with van der Waals surface area (Å²) in [5.41, 5.74) is 0.208. The molecular weight excluding hydrogens is 399 g/mol. The van der Waals surface area contributed by atoms with E-state index in [4.69, 9.17) is 0 Å². The first-order chi connectivity index (χ1) is 13.1. The quantitative estimate of drug-likeness (QED) is 0.763. The van der Waals surface area contributed by atoms with Crippen molar-refractivity contribution in [2.45, 2.75) is 29.6 Å². The minimum Gasteiger partial charge on any atom is -0.406 e. The van der Waals surface area contributed by atoms with E-state index in [0.717, 1.165) is 12.1 Å². The zero-order valence-corrected chi connectivity index (χ0v) is 15.7. The summed E-state index contributed by atoms with van der Waals surface area (Å²) in [6.07, 6.45) is -1.31. The third-order valence-corrected chi connectivity index (χ3v) is 6.79. The molecule has 1 aliphatic heterocycles. The SMILES string of the molecule is Cn1ccnc1S(=O)(=O)C1CCN(C(=O)c2ccc(OC(F)(F)F)cc2)CC1. The number of hydrogen-bond donors (Lipinski definition) is 0. The number of imidazole rings is 1. The number of ether oxygens (including phenoxy) is 1. The van der Waals surface area contributed by atoms with Crippen LogP contribution in [0.5, 0.6) is 5.75 Å². The Morgan fingerprint density at radius 3 is 2.29 bits per heavy atom. The van der Waals surface area contributed by atoms with Crippen molar-refractivity contribution >= 4 is 15.7 Å². The van der Waals surface area contributed by atoms with E-state index >= 15 is 0 Å². The second-order valence-electron chi connectivity index (χ2n) is 6.43. The summed E-state index contributed by atoms with van der Waals surface area (Å²) < 4.78 is 67.2. The molecule has 152 valence electrons. The molecular formula is C17H18F3N3O4S. The van der Waals surface area contributed by atoms with E-state index < -0.39 is 27.2 Å². The minimum atomic E-state index is -4.80. The highest BCUT2D eigenvalue weighted by Crippen LogP contribution is 2.26. The molecule has 1 aromatic heterocycles. The maximum atomic E-state index is 12.7. The molecule has 0 atom stereocenters. The van der Waals surface area contributed by atoms with Gasteiger partial charge in [0.1, 0.15) is 5.75 Å². The van der Waals surface area contributed by atoms with Crippen LogP contribution in [0.4, 0.5) is 13.2 Å². The molecule has 0 spiro atoms. The average molecular weight is 417 g/mol. The number of aryl methyl sites for hydroxylation is 1. The standard InChI is InChI=1S/C17H18F3N3O4S/c1-22-11-8-21-16(22)28(25,26)14-6-9-23(10-7-14)15(24)12-2-4-13(5-3-12)27-17(18,19)20/h2-5,8,11,14H,6-7,9-10H2,1H3. The first kappa shape index (κ1) is 20.2. The summed E-state index contributed by atoms with van der Waals surface area (Å²) in [6.45, 7) is 0.460. The molecule has 0 unspecified atom stereocenters. The summed E-state index contributed by atoms with van der Waals surface area (Å²) in [4.78, 5) is 17.9. The van der Waals surface area contributed by atoms with Crippen molar-refractivity contribution in [3.63, 3.8) is 0 Å². The van der Waals surface area contributed by atoms with Crippen LogP contribution in [0.1, 0.15) is 23.2 Å². The fourth-order valence-electron chi connectivity index (χ4n) is 3.13. The van der Waals surface area contributed by atoms with Gasteiger partial charge in [0.15, 0.2) is 0 Å². The van der Waals surface area contributed by atoms with Gasteiger partial charge < -0.3 is 14.2 Å². The molecule has 3 rings (SSSR count). The largest absolute Gasteiger partial charge is 0.573 e. The predicted molar refractivity (Wildman–Crippen MR) is 92.4 cm³/mol. The fraction of sp³-hybridized carbons (Fsp3) is 0.412. The van der Waals surface area contributed by atoms with Gasteiger partial charge in [-0.15, -0.1) is 13.2 Å². The number of alkyl halides is 3. The van der Waals surface area contributed by atoms with Crippen molar-refractivity contribution < 1.29 is 31.1 Å². The first-order valence-corrected chi connectivity index (χ1v) is 9.99. The number of likely N-dealkylation sites (tertiary alicyclic amines) is 1. The normalized spacial score (nSPS) is 16.2. The highest BCUT2D eigenvalue weighted by molar-refractivity contribution is 7.91. The van der Waals surface area contributed by atoms with Gasteiger partial charge in [0.2, 0.25) is 15.0 Å². The zero-order valence-electron chi connectivity index (χ0n) is 14.9. The maximum Gasteiger partial charge on any atom is 0.573 e. The van der Waals surface area contributed by atoms with Gasteiger partial charge in [-0.05, 0) is 37.1 Å². The molecule has 1 saturated heterocycles. The second kappa shape index (κ2) is 7.46. The van der Waals surface area contributed by atoms with Gasteiger partial charge in [-0.2, -0.15) is 0 Å². The molecule has 11 heteroatoms. The molecule has 28 heavy (non-hydrogen) atoms. The summed E-state index contributed by atoms with van der Waals surface area (Å²) in [7, 11) is -1.99. The van der Waals surface area contributed by atoms with Gasteiger partial charge in [-0.25, -0.2) is 13.4 Å². The van der Waals surface area contributed by atoms with Crippen molar-refractivity contribution in [3.05, 3.63) is 42.2 Å². The van der Waals surface area contributed by atoms with Crippen LogP contribution in [0.25, 0.3) is 0 Å². The van der Waals surface area contributed by atoms with E-state index in [1.54, 1.807) is 13.2 Å². The molecule has 2 aromatic rings. The number of nitrogens with zero attached hydrogens (tertiary/aromatic N) is 3. The Morgan fingerprint density at radius 1 is 1.18 bits per heavy atom. The molecule has 0 aliphatic carbocycles. The molecule has 7 nitrogen and oxygen atoms in total. The van der Waals surface area contributed by atoms with Crippen LogP contribution in [-0.4, -0.2) is 53.5 Å². The number of carbonyl (C=O) groups is 1. The molecule has 1 amide bonds. The van der Waals surface area contributed by atoms with E-state index in [1.165, 1.54) is 27.8 Å². The van der Waals surface area contributed by atoms with Crippen molar-refractivity contribution in [2.75, 3.05) is 13.1 Å². The summed E-state index contributed by atoms with van der Waals surface area (Å²) in [5, 5.41) is -0.641. The summed E-state index contributed by atoms with van der Waals surface area (Å²) >= 11 is 0. The molecule has 1 fully saturated rings. The van der Waals surface area contributed by atoms with E-state index in [9.17, 15) is 26.4 Å². The lowest BCUT2D eigenvalue weighted by Gasteiger charge is -2.31. The molecule has 2 heterocycles. The van der Waals surface area contributed by atoms with Crippen LogP contribution in [0.15, 0.2) is 41.8 Å². The molecule has 0 N–H and O–H groups in total. The van der Waals surface area contributed by atoms with E-state index in [1.807, 2.05) is 0 Å². The highest BCUT2D eigenvalue weighted by atomic mass is 32.2. The van der Waals surface area contributed by atoms with Gasteiger partial charge in [0, 0.05) is 38.1 Å². The Balaban J connectivity index is 1.63. The van der Waals surface area contributed by atoms with Crippen LogP contribution in [0.3, 0.4) is 0 Å². The molecule has 0 saturated carbocycles. The zero-order chi connectivity index (χ0) is 20.5. The van der Waals surface area contributed by atoms with Crippen LogP contribution in [0.2, 0.25) is 0 Å². The summed E-state index contributed by atoms with van der Waals surface area (Å²) in [5.74, 6) is -0.782. The highest BCUT2D eigenvalue weighted by Gasteiger charge is 2.35. The summed E-state index contributed by atoms with van der Waals surface area (Å²) in [6, 6.07) is 4.64. The van der Waals surface area contributed by atoms with Crippen LogP contribution >= 0.6 is 0 Å². The number of sulfone groups is 1. The van der Waals surface area contributed by atoms with Crippen molar-refractivity contribution in [2.24, 2.45) is 7.05 Å². The number of carbonyl (C=O) groups excluding carboxylic acids is 1. The lowest BCUT2D eigenvalue weighted by Crippen LogP contribution is -2.42. The van der Waals surface area contributed by atoms with E-state index in [-0.39, 0.29) is 42.6 Å². The van der Waals surface area contributed by atoms with E-state index in [0.29, 0.717) is 0 Å². The number of aromatic nitrogens is 2. The van der Waals surface area contributed by atoms with Crippen molar-refractivity contribution in [1.82, 2.24) is 14.5 Å². The lowest BCUT2D eigenvalue weighted by atomic mass is 10.1. The lowest BCUT2D eigenvalue weighted by molar-refractivity contribution is -0.274. The Kier molecular flexibility index (Phi) is 5.37. The number of hydrogen-bond acceptors (Lipinski definition) is 5. The van der Waals surface area contributed by atoms with Gasteiger partial charge >= 0.3 is 6.36 Å². The average Bonchev–Trinajstić information content (AvgIpc) is 3.07. The van der Waals surface area contributed by atoms with Crippen LogP contribution in [0, 0.1) is 0 Å². The number of rotatable bonds is 4. The molecule has 0 bridgehead atoms. The van der Waals surface area contributed by atoms with Crippen molar-refractivity contribution in [1.29, 1.82) is 0 Å². The fourth-order valence-corrected chi connectivity index (χ4v) is 4.93. The van der Waals surface area contributed by atoms with Gasteiger partial charge in [0.05, 0.1) is 5.25 Å². The number of amides is 1. The Hall–Kier alpha value is -2.56. The maximum absolute atomic E-state index is 12.7.